The van der Waals surface area contributed by atoms with Gasteiger partial charge >= 0.3 is 0 Å². The molecule has 0 spiro atoms. The third-order valence-electron chi connectivity index (χ3n) is 10.2. The fourth-order valence-corrected chi connectivity index (χ4v) is 13.4. The summed E-state index contributed by atoms with van der Waals surface area (Å²) in [5.41, 5.74) is 0. The van der Waals surface area contributed by atoms with Crippen molar-refractivity contribution in [2.75, 3.05) is 164 Å². The molecule has 9 unspecified atom stereocenters. The Hall–Kier alpha value is 6.30. The van der Waals surface area contributed by atoms with Crippen molar-refractivity contribution in [2.24, 2.45) is 0 Å². The van der Waals surface area contributed by atoms with E-state index in [0.717, 1.165) is 47.2 Å². The zero-order valence-electron chi connectivity index (χ0n) is 52.3. The highest BCUT2D eigenvalue weighted by molar-refractivity contribution is 8.02. The molecule has 0 amide bonds. The second-order valence-corrected chi connectivity index (χ2v) is 36.8. The maximum absolute atomic E-state index is 2.28. The minimum atomic E-state index is 0.849. The predicted molar refractivity (Wildman–Crippen MR) is 414 cm³/mol. The number of thioether (sulfide) groups is 18. The summed E-state index contributed by atoms with van der Waals surface area (Å²) in [4.78, 5) is 0. The number of rotatable bonds is 36. The van der Waals surface area contributed by atoms with Gasteiger partial charge in [-0.2, -0.15) is 212 Å². The Balaban J connectivity index is -0.0000000886. The van der Waals surface area contributed by atoms with Crippen LogP contribution in [0.25, 0.3) is 0 Å². The summed E-state index contributed by atoms with van der Waals surface area (Å²) in [6.07, 6.45) is 51.1. The molecule has 0 aliphatic heterocycles. The first-order chi connectivity index (χ1) is 34.3. The Labute approximate surface area is 536 Å². The van der Waals surface area contributed by atoms with Crippen molar-refractivity contribution in [3.05, 3.63) is 0 Å². The van der Waals surface area contributed by atoms with E-state index in [4.69, 9.17) is 0 Å². The van der Waals surface area contributed by atoms with Crippen molar-refractivity contribution in [1.82, 2.24) is 0 Å². The second kappa shape index (κ2) is 93.7. The van der Waals surface area contributed by atoms with Gasteiger partial charge in [0.05, 0.1) is 0 Å². The van der Waals surface area contributed by atoms with Crippen LogP contribution in [-0.4, -0.2) is 212 Å². The zero-order valence-corrected chi connectivity index (χ0v) is 67.0. The van der Waals surface area contributed by atoms with E-state index in [1.165, 1.54) is 110 Å². The SMILES string of the molecule is CSCCC(C)SC.CSCCC(C)SC.CSCCC(C)SC.CSCCC(C)SC.CSCCC(C)SC.CSCCC(C)SC.CSCCC(C)SC.CSCCC(C)SC.CSCCC(C)SC. The van der Waals surface area contributed by atoms with Crippen LogP contribution < -0.4 is 0 Å². The molecule has 0 rings (SSSR count). The molecule has 450 valence electrons. The van der Waals surface area contributed by atoms with Gasteiger partial charge in [0.25, 0.3) is 0 Å². The minimum absolute atomic E-state index is 0.849. The average Bonchev–Trinajstić information content (AvgIpc) is 3.42. The summed E-state index contributed by atoms with van der Waals surface area (Å²) in [6.45, 7) is 20.5. The highest BCUT2D eigenvalue weighted by Crippen LogP contribution is 2.17. The summed E-state index contributed by atoms with van der Waals surface area (Å²) in [5.74, 6) is 11.8. The molecule has 0 aliphatic rings. The lowest BCUT2D eigenvalue weighted by molar-refractivity contribution is 0.921. The minimum Gasteiger partial charge on any atom is -0.165 e. The normalized spacial score (nSPS) is 13.9. The first-order valence-electron chi connectivity index (χ1n) is 25.4. The molecule has 0 fully saturated rings. The maximum Gasteiger partial charge on any atom is 0.00237 e. The van der Waals surface area contributed by atoms with Gasteiger partial charge in [0, 0.05) is 47.2 Å². The summed E-state index contributed by atoms with van der Waals surface area (Å²) in [6, 6.07) is 0. The van der Waals surface area contributed by atoms with Gasteiger partial charge in [-0.15, -0.1) is 0 Å². The Morgan fingerprint density at radius 2 is 0.222 bits per heavy atom. The van der Waals surface area contributed by atoms with Crippen molar-refractivity contribution >= 4 is 212 Å². The first-order valence-corrected chi connectivity index (χ1v) is 49.6. The van der Waals surface area contributed by atoms with Crippen molar-refractivity contribution in [2.45, 2.75) is 167 Å². The van der Waals surface area contributed by atoms with Crippen LogP contribution in [0.1, 0.15) is 120 Å². The second-order valence-electron chi connectivity index (χ2n) is 16.5. The molecule has 0 nitrogen and oxygen atoms in total. The highest BCUT2D eigenvalue weighted by atomic mass is 32.2. The molecule has 0 aromatic rings. The average molecular weight is 1350 g/mol. The van der Waals surface area contributed by atoms with Gasteiger partial charge in [-0.1, -0.05) is 62.3 Å². The van der Waals surface area contributed by atoms with Crippen LogP contribution in [0, 0.1) is 0 Å². The lowest BCUT2D eigenvalue weighted by Crippen LogP contribution is -1.95. The van der Waals surface area contributed by atoms with Crippen LogP contribution in [0.5, 0.6) is 0 Å². The van der Waals surface area contributed by atoms with Gasteiger partial charge in [0.15, 0.2) is 0 Å². The molecule has 0 N–H and O–H groups in total. The van der Waals surface area contributed by atoms with Crippen LogP contribution in [0.2, 0.25) is 0 Å². The van der Waals surface area contributed by atoms with Crippen LogP contribution >= 0.6 is 212 Å². The molecular formula is C54H126S18. The monoisotopic (exact) mass is 1350 g/mol. The quantitative estimate of drug-likeness (QED) is 0.0584. The van der Waals surface area contributed by atoms with E-state index in [0.29, 0.717) is 0 Å². The molecule has 0 radical (unpaired) electrons. The molecular weight excluding hydrogens is 1230 g/mol. The Kier molecular flexibility index (Phi) is 127. The van der Waals surface area contributed by atoms with E-state index in [9.17, 15) is 0 Å². The first kappa shape index (κ1) is 97.4. The molecule has 0 saturated heterocycles. The van der Waals surface area contributed by atoms with Gasteiger partial charge in [0.1, 0.15) is 0 Å². The molecule has 0 aromatic heterocycles. The Morgan fingerprint density at radius 1 is 0.153 bits per heavy atom. The molecule has 0 aliphatic carbocycles. The third kappa shape index (κ3) is 119. The van der Waals surface area contributed by atoms with Gasteiger partial charge in [0.2, 0.25) is 0 Å². The van der Waals surface area contributed by atoms with E-state index >= 15 is 0 Å². The van der Waals surface area contributed by atoms with Crippen molar-refractivity contribution < 1.29 is 0 Å². The van der Waals surface area contributed by atoms with Crippen molar-refractivity contribution in [3.8, 4) is 0 Å². The zero-order chi connectivity index (χ0) is 57.7. The molecule has 18 heteroatoms. The van der Waals surface area contributed by atoms with Crippen LogP contribution in [0.3, 0.4) is 0 Å². The Bertz CT molecular complexity index is 612. The van der Waals surface area contributed by atoms with E-state index in [1.807, 2.05) is 212 Å². The standard InChI is InChI=1S/9C6H14S2/c9*1-6(8-3)4-5-7-2/h9*6H,4-5H2,1-3H3. The van der Waals surface area contributed by atoms with Gasteiger partial charge in [-0.3, -0.25) is 0 Å². The largest absolute Gasteiger partial charge is 0.165 e. The van der Waals surface area contributed by atoms with E-state index < -0.39 is 0 Å². The number of hydrogen-bond donors (Lipinski definition) is 0. The molecule has 9 atom stereocenters. The molecule has 0 aromatic carbocycles. The maximum atomic E-state index is 2.28. The predicted octanol–water partition coefficient (Wildman–Crippen LogP) is 22.4. The van der Waals surface area contributed by atoms with E-state index in [2.05, 4.69) is 175 Å². The van der Waals surface area contributed by atoms with Crippen LogP contribution in [-0.2, 0) is 0 Å². The third-order valence-corrected chi connectivity index (χ3v) is 25.3. The van der Waals surface area contributed by atoms with Crippen molar-refractivity contribution in [3.63, 3.8) is 0 Å². The summed E-state index contributed by atoms with van der Waals surface area (Å²) >= 11 is 35.0. The summed E-state index contributed by atoms with van der Waals surface area (Å²) < 4.78 is 0. The van der Waals surface area contributed by atoms with Crippen LogP contribution in [0.15, 0.2) is 0 Å². The fraction of sp³-hybridized carbons (Fsp3) is 1.00. The lowest BCUT2D eigenvalue weighted by Gasteiger charge is -2.04. The molecule has 0 saturated carbocycles. The number of hydrogen-bond acceptors (Lipinski definition) is 18. The topological polar surface area (TPSA) is 0 Å². The van der Waals surface area contributed by atoms with Gasteiger partial charge in [-0.05, 0) is 222 Å². The van der Waals surface area contributed by atoms with Crippen molar-refractivity contribution in [1.29, 1.82) is 0 Å². The van der Waals surface area contributed by atoms with Crippen LogP contribution in [0.4, 0.5) is 0 Å². The molecule has 0 heterocycles. The summed E-state index contributed by atoms with van der Waals surface area (Å²) in [5, 5.41) is 7.65. The fourth-order valence-electron chi connectivity index (χ4n) is 3.61. The van der Waals surface area contributed by atoms with E-state index in [-0.39, 0.29) is 0 Å². The van der Waals surface area contributed by atoms with E-state index in [1.54, 1.807) is 0 Å². The smallest absolute Gasteiger partial charge is 0.00237 e. The molecule has 0 bridgehead atoms. The summed E-state index contributed by atoms with van der Waals surface area (Å²) in [7, 11) is 0. The van der Waals surface area contributed by atoms with Gasteiger partial charge in [-0.25, -0.2) is 0 Å². The highest BCUT2D eigenvalue weighted by Gasteiger charge is 2.00. The van der Waals surface area contributed by atoms with Gasteiger partial charge < -0.3 is 0 Å². The molecule has 72 heavy (non-hydrogen) atoms. The lowest BCUT2D eigenvalue weighted by atomic mass is 10.4. The Morgan fingerprint density at radius 3 is 0.264 bits per heavy atom.